The number of rotatable bonds is 6. The van der Waals surface area contributed by atoms with E-state index in [-0.39, 0.29) is 0 Å². The highest BCUT2D eigenvalue weighted by Crippen LogP contribution is 2.36. The second-order valence-electron chi connectivity index (χ2n) is 4.27. The first-order chi connectivity index (χ1) is 9.19. The SMILES string of the molecule is CCCc1nc(N(CC)CC)sc1-c1csc(N)n1. The highest BCUT2D eigenvalue weighted by molar-refractivity contribution is 7.19. The van der Waals surface area contributed by atoms with Crippen LogP contribution in [0.3, 0.4) is 0 Å². The Labute approximate surface area is 122 Å². The Morgan fingerprint density at radius 1 is 1.21 bits per heavy atom. The lowest BCUT2D eigenvalue weighted by Crippen LogP contribution is -2.21. The first-order valence-electron chi connectivity index (χ1n) is 6.65. The van der Waals surface area contributed by atoms with Gasteiger partial charge < -0.3 is 10.6 Å². The predicted octanol–water partition coefficient (Wildman–Crippen LogP) is 3.65. The molecule has 2 heterocycles. The number of aryl methyl sites for hydroxylation is 1. The smallest absolute Gasteiger partial charge is 0.186 e. The lowest BCUT2D eigenvalue weighted by atomic mass is 10.2. The molecule has 2 rings (SSSR count). The fraction of sp³-hybridized carbons (Fsp3) is 0.538. The highest BCUT2D eigenvalue weighted by Gasteiger charge is 2.17. The molecule has 2 N–H and O–H groups in total. The molecular formula is C13H20N4S2. The van der Waals surface area contributed by atoms with Crippen LogP contribution in [0.4, 0.5) is 10.3 Å². The molecule has 104 valence electrons. The zero-order valence-electron chi connectivity index (χ0n) is 11.6. The minimum Gasteiger partial charge on any atom is -0.375 e. The molecule has 0 unspecified atom stereocenters. The summed E-state index contributed by atoms with van der Waals surface area (Å²) < 4.78 is 0. The number of nitrogen functional groups attached to an aromatic ring is 1. The molecule has 0 aliphatic carbocycles. The van der Waals surface area contributed by atoms with Crippen molar-refractivity contribution in [2.45, 2.75) is 33.6 Å². The van der Waals surface area contributed by atoms with Gasteiger partial charge in [0.15, 0.2) is 10.3 Å². The second-order valence-corrected chi connectivity index (χ2v) is 6.13. The summed E-state index contributed by atoms with van der Waals surface area (Å²) in [4.78, 5) is 12.7. The van der Waals surface area contributed by atoms with Gasteiger partial charge in [-0.05, 0) is 20.3 Å². The van der Waals surface area contributed by atoms with E-state index in [0.717, 1.165) is 42.5 Å². The van der Waals surface area contributed by atoms with Gasteiger partial charge in [-0.15, -0.1) is 11.3 Å². The number of thiazole rings is 2. The summed E-state index contributed by atoms with van der Waals surface area (Å²) in [6, 6.07) is 0. The number of hydrogen-bond acceptors (Lipinski definition) is 6. The number of aromatic nitrogens is 2. The molecule has 0 saturated carbocycles. The van der Waals surface area contributed by atoms with E-state index in [4.69, 9.17) is 10.7 Å². The first kappa shape index (κ1) is 14.3. The molecule has 0 aromatic carbocycles. The van der Waals surface area contributed by atoms with Crippen LogP contribution in [0.1, 0.15) is 32.9 Å². The van der Waals surface area contributed by atoms with Crippen LogP contribution in [0.5, 0.6) is 0 Å². The highest BCUT2D eigenvalue weighted by atomic mass is 32.1. The summed E-state index contributed by atoms with van der Waals surface area (Å²) in [5, 5.41) is 3.74. The van der Waals surface area contributed by atoms with Crippen LogP contribution in [0.25, 0.3) is 10.6 Å². The van der Waals surface area contributed by atoms with E-state index in [1.165, 1.54) is 16.2 Å². The third-order valence-electron chi connectivity index (χ3n) is 2.96. The molecule has 0 bridgehead atoms. The standard InChI is InChI=1S/C13H20N4S2/c1-4-7-9-11(10-8-18-12(14)15-10)19-13(16-9)17(5-2)6-3/h8H,4-7H2,1-3H3,(H2,14,15). The van der Waals surface area contributed by atoms with Crippen molar-refractivity contribution in [2.75, 3.05) is 23.7 Å². The van der Waals surface area contributed by atoms with Crippen LogP contribution in [0, 0.1) is 0 Å². The van der Waals surface area contributed by atoms with Crippen molar-refractivity contribution in [1.29, 1.82) is 0 Å². The first-order valence-corrected chi connectivity index (χ1v) is 8.35. The zero-order chi connectivity index (χ0) is 13.8. The minimum atomic E-state index is 0.621. The second kappa shape index (κ2) is 6.34. The van der Waals surface area contributed by atoms with E-state index in [9.17, 15) is 0 Å². The maximum Gasteiger partial charge on any atom is 0.186 e. The molecule has 0 atom stereocenters. The molecule has 0 aliphatic heterocycles. The third kappa shape index (κ3) is 3.06. The summed E-state index contributed by atoms with van der Waals surface area (Å²) in [5.74, 6) is 0. The molecule has 0 saturated heterocycles. The maximum absolute atomic E-state index is 5.74. The topological polar surface area (TPSA) is 55.0 Å². The minimum absolute atomic E-state index is 0.621. The van der Waals surface area contributed by atoms with Gasteiger partial charge in [0.2, 0.25) is 0 Å². The van der Waals surface area contributed by atoms with E-state index >= 15 is 0 Å². The average Bonchev–Trinajstić information content (AvgIpc) is 2.98. The molecule has 19 heavy (non-hydrogen) atoms. The van der Waals surface area contributed by atoms with Crippen LogP contribution in [0.15, 0.2) is 5.38 Å². The van der Waals surface area contributed by atoms with Crippen molar-refractivity contribution in [1.82, 2.24) is 9.97 Å². The number of anilines is 2. The van der Waals surface area contributed by atoms with Gasteiger partial charge in [0.1, 0.15) is 0 Å². The van der Waals surface area contributed by atoms with E-state index in [0.29, 0.717) is 5.13 Å². The van der Waals surface area contributed by atoms with Crippen LogP contribution in [0.2, 0.25) is 0 Å². The van der Waals surface area contributed by atoms with Crippen molar-refractivity contribution in [3.63, 3.8) is 0 Å². The Bertz CT molecular complexity index is 528. The van der Waals surface area contributed by atoms with Crippen LogP contribution >= 0.6 is 22.7 Å². The lowest BCUT2D eigenvalue weighted by molar-refractivity contribution is 0.841. The van der Waals surface area contributed by atoms with Gasteiger partial charge in [-0.2, -0.15) is 0 Å². The van der Waals surface area contributed by atoms with Crippen molar-refractivity contribution in [3.8, 4) is 10.6 Å². The quantitative estimate of drug-likeness (QED) is 0.884. The van der Waals surface area contributed by atoms with Crippen LogP contribution < -0.4 is 10.6 Å². The third-order valence-corrected chi connectivity index (χ3v) is 4.82. The van der Waals surface area contributed by atoms with Crippen molar-refractivity contribution in [3.05, 3.63) is 11.1 Å². The Hall–Kier alpha value is -1.14. The monoisotopic (exact) mass is 296 g/mol. The lowest BCUT2D eigenvalue weighted by Gasteiger charge is -2.16. The molecule has 0 amide bonds. The van der Waals surface area contributed by atoms with Gasteiger partial charge in [-0.3, -0.25) is 0 Å². The van der Waals surface area contributed by atoms with E-state index < -0.39 is 0 Å². The molecule has 4 nitrogen and oxygen atoms in total. The van der Waals surface area contributed by atoms with Crippen molar-refractivity contribution < 1.29 is 0 Å². The fourth-order valence-electron chi connectivity index (χ4n) is 1.97. The Morgan fingerprint density at radius 2 is 1.95 bits per heavy atom. The number of nitrogens with two attached hydrogens (primary N) is 1. The van der Waals surface area contributed by atoms with Gasteiger partial charge in [-0.25, -0.2) is 9.97 Å². The average molecular weight is 296 g/mol. The summed E-state index contributed by atoms with van der Waals surface area (Å²) in [5.41, 5.74) is 7.87. The molecule has 0 fully saturated rings. The Balaban J connectivity index is 2.40. The molecule has 2 aromatic heterocycles. The van der Waals surface area contributed by atoms with Gasteiger partial charge >= 0.3 is 0 Å². The Morgan fingerprint density at radius 3 is 2.47 bits per heavy atom. The molecule has 0 aliphatic rings. The van der Waals surface area contributed by atoms with E-state index in [2.05, 4.69) is 30.7 Å². The predicted molar refractivity (Wildman–Crippen MR) is 85.2 cm³/mol. The molecule has 2 aromatic rings. The summed E-state index contributed by atoms with van der Waals surface area (Å²) in [7, 11) is 0. The van der Waals surface area contributed by atoms with Crippen molar-refractivity contribution >= 4 is 32.9 Å². The van der Waals surface area contributed by atoms with E-state index in [1.807, 2.05) is 5.38 Å². The number of hydrogen-bond donors (Lipinski definition) is 1. The fourth-order valence-corrected chi connectivity index (χ4v) is 3.80. The van der Waals surface area contributed by atoms with Crippen molar-refractivity contribution in [2.24, 2.45) is 0 Å². The van der Waals surface area contributed by atoms with Gasteiger partial charge in [-0.1, -0.05) is 24.7 Å². The van der Waals surface area contributed by atoms with Crippen LogP contribution in [-0.2, 0) is 6.42 Å². The summed E-state index contributed by atoms with van der Waals surface area (Å²) in [6.45, 7) is 8.45. The molecule has 6 heteroatoms. The van der Waals surface area contributed by atoms with Crippen LogP contribution in [-0.4, -0.2) is 23.1 Å². The maximum atomic E-state index is 5.74. The summed E-state index contributed by atoms with van der Waals surface area (Å²) in [6.07, 6.45) is 2.08. The summed E-state index contributed by atoms with van der Waals surface area (Å²) >= 11 is 3.21. The van der Waals surface area contributed by atoms with Gasteiger partial charge in [0, 0.05) is 18.5 Å². The molecule has 0 radical (unpaired) electrons. The normalized spacial score (nSPS) is 10.9. The van der Waals surface area contributed by atoms with E-state index in [1.54, 1.807) is 11.3 Å². The van der Waals surface area contributed by atoms with Gasteiger partial charge in [0.25, 0.3) is 0 Å². The zero-order valence-corrected chi connectivity index (χ0v) is 13.3. The molecular weight excluding hydrogens is 276 g/mol. The molecule has 0 spiro atoms. The van der Waals surface area contributed by atoms with Gasteiger partial charge in [0.05, 0.1) is 16.3 Å². The Kier molecular flexibility index (Phi) is 4.76. The largest absolute Gasteiger partial charge is 0.375 e. The number of nitrogens with zero attached hydrogens (tertiary/aromatic N) is 3.